The summed E-state index contributed by atoms with van der Waals surface area (Å²) >= 11 is 0. The van der Waals surface area contributed by atoms with Gasteiger partial charge in [-0.1, -0.05) is 13.3 Å². The average Bonchev–Trinajstić information content (AvgIpc) is 2.67. The number of nitrogens with zero attached hydrogens (tertiary/aromatic N) is 1. The fraction of sp³-hybridized carbons (Fsp3) is 0.583. The third-order valence-electron chi connectivity index (χ3n) is 2.71. The lowest BCUT2D eigenvalue weighted by molar-refractivity contribution is 0.0924. The van der Waals surface area contributed by atoms with E-state index in [2.05, 4.69) is 24.3 Å². The van der Waals surface area contributed by atoms with Gasteiger partial charge in [-0.3, -0.25) is 10.2 Å². The van der Waals surface area contributed by atoms with Gasteiger partial charge in [0.25, 0.3) is 0 Å². The number of hydrogen-bond acceptors (Lipinski definition) is 4. The molecule has 0 saturated carbocycles. The lowest BCUT2D eigenvalue weighted by Crippen LogP contribution is -2.29. The normalized spacial score (nSPS) is 10.9. The van der Waals surface area contributed by atoms with Gasteiger partial charge in [-0.2, -0.15) is 0 Å². The van der Waals surface area contributed by atoms with Crippen molar-refractivity contribution in [1.29, 1.82) is 0 Å². The number of nitrogens with two attached hydrogens (primary N) is 1. The van der Waals surface area contributed by atoms with Crippen molar-refractivity contribution in [2.24, 2.45) is 5.84 Å². The van der Waals surface area contributed by atoms with Gasteiger partial charge < -0.3 is 9.32 Å². The molecule has 0 unspecified atom stereocenters. The Morgan fingerprint density at radius 2 is 2.29 bits per heavy atom. The molecule has 0 radical (unpaired) electrons. The average molecular weight is 239 g/mol. The van der Waals surface area contributed by atoms with E-state index >= 15 is 0 Å². The van der Waals surface area contributed by atoms with Crippen LogP contribution in [0, 0.1) is 6.92 Å². The maximum atomic E-state index is 11.3. The number of furan rings is 1. The Morgan fingerprint density at radius 1 is 1.59 bits per heavy atom. The van der Waals surface area contributed by atoms with Crippen LogP contribution in [0.5, 0.6) is 0 Å². The van der Waals surface area contributed by atoms with Crippen molar-refractivity contribution >= 4 is 5.91 Å². The first-order valence-corrected chi connectivity index (χ1v) is 5.87. The van der Waals surface area contributed by atoms with E-state index in [-0.39, 0.29) is 5.76 Å². The molecule has 1 heterocycles. The molecule has 0 fully saturated rings. The molecular weight excluding hydrogens is 218 g/mol. The molecule has 1 amide bonds. The minimum atomic E-state index is -0.393. The molecule has 17 heavy (non-hydrogen) atoms. The quantitative estimate of drug-likeness (QED) is 0.447. The van der Waals surface area contributed by atoms with Crippen LogP contribution in [0.25, 0.3) is 0 Å². The highest BCUT2D eigenvalue weighted by Crippen LogP contribution is 2.16. The van der Waals surface area contributed by atoms with Crippen LogP contribution < -0.4 is 11.3 Å². The second-order valence-corrected chi connectivity index (χ2v) is 4.26. The third kappa shape index (κ3) is 3.87. The first kappa shape index (κ1) is 13.7. The van der Waals surface area contributed by atoms with Crippen molar-refractivity contribution in [3.8, 4) is 0 Å². The summed E-state index contributed by atoms with van der Waals surface area (Å²) in [7, 11) is 2.06. The summed E-state index contributed by atoms with van der Waals surface area (Å²) in [6, 6.07) is 1.75. The number of carbonyl (C=O) groups excluding carboxylic acids is 1. The molecule has 0 bridgehead atoms. The predicted molar refractivity (Wildman–Crippen MR) is 66.3 cm³/mol. The van der Waals surface area contributed by atoms with Crippen molar-refractivity contribution in [1.82, 2.24) is 10.3 Å². The molecule has 1 aromatic heterocycles. The van der Waals surface area contributed by atoms with E-state index < -0.39 is 5.91 Å². The minimum Gasteiger partial charge on any atom is -0.456 e. The van der Waals surface area contributed by atoms with E-state index in [9.17, 15) is 4.79 Å². The monoisotopic (exact) mass is 239 g/mol. The molecule has 0 saturated heterocycles. The highest BCUT2D eigenvalue weighted by atomic mass is 16.4. The van der Waals surface area contributed by atoms with Crippen LogP contribution >= 0.6 is 0 Å². The summed E-state index contributed by atoms with van der Waals surface area (Å²) < 4.78 is 5.35. The summed E-state index contributed by atoms with van der Waals surface area (Å²) in [5.74, 6) is 5.71. The lowest BCUT2D eigenvalue weighted by Gasteiger charge is -2.15. The molecule has 3 N–H and O–H groups in total. The zero-order valence-corrected chi connectivity index (χ0v) is 10.7. The molecule has 0 atom stereocenters. The van der Waals surface area contributed by atoms with Gasteiger partial charge in [0.05, 0.1) is 0 Å². The Balaban J connectivity index is 2.65. The van der Waals surface area contributed by atoms with Gasteiger partial charge in [0.15, 0.2) is 5.76 Å². The summed E-state index contributed by atoms with van der Waals surface area (Å²) in [6.45, 7) is 5.85. The van der Waals surface area contributed by atoms with Gasteiger partial charge in [-0.15, -0.1) is 0 Å². The van der Waals surface area contributed by atoms with Crippen LogP contribution in [0.4, 0.5) is 0 Å². The van der Waals surface area contributed by atoms with E-state index in [1.165, 1.54) is 12.8 Å². The molecule has 5 heteroatoms. The molecule has 0 spiro atoms. The number of amides is 1. The molecule has 1 aromatic rings. The summed E-state index contributed by atoms with van der Waals surface area (Å²) in [4.78, 5) is 13.5. The highest BCUT2D eigenvalue weighted by molar-refractivity contribution is 5.91. The molecule has 96 valence electrons. The number of carbonyl (C=O) groups is 1. The zero-order valence-electron chi connectivity index (χ0n) is 10.7. The fourth-order valence-electron chi connectivity index (χ4n) is 1.66. The number of nitrogen functional groups attached to an aromatic ring is 1. The second-order valence-electron chi connectivity index (χ2n) is 4.26. The SMILES string of the molecule is CCCCN(C)Cc1cc(C(=O)NN)oc1C. The van der Waals surface area contributed by atoms with Gasteiger partial charge in [-0.05, 0) is 33.0 Å². The van der Waals surface area contributed by atoms with Crippen LogP contribution in [-0.4, -0.2) is 24.4 Å². The Bertz CT molecular complexity index is 374. The van der Waals surface area contributed by atoms with Crippen molar-refractivity contribution in [2.75, 3.05) is 13.6 Å². The smallest absolute Gasteiger partial charge is 0.300 e. The topological polar surface area (TPSA) is 71.5 Å². The van der Waals surface area contributed by atoms with Gasteiger partial charge in [0, 0.05) is 12.1 Å². The molecule has 1 rings (SSSR count). The molecule has 0 aliphatic rings. The van der Waals surface area contributed by atoms with Gasteiger partial charge in [0.2, 0.25) is 0 Å². The van der Waals surface area contributed by atoms with Crippen LogP contribution in [0.15, 0.2) is 10.5 Å². The zero-order chi connectivity index (χ0) is 12.8. The minimum absolute atomic E-state index is 0.267. The van der Waals surface area contributed by atoms with Crippen LogP contribution in [0.3, 0.4) is 0 Å². The van der Waals surface area contributed by atoms with Crippen molar-refractivity contribution in [3.63, 3.8) is 0 Å². The van der Waals surface area contributed by atoms with E-state index in [0.29, 0.717) is 0 Å². The van der Waals surface area contributed by atoms with Gasteiger partial charge in [-0.25, -0.2) is 5.84 Å². The lowest BCUT2D eigenvalue weighted by atomic mass is 10.2. The van der Waals surface area contributed by atoms with Crippen LogP contribution in [-0.2, 0) is 6.54 Å². The maximum absolute atomic E-state index is 11.3. The highest BCUT2D eigenvalue weighted by Gasteiger charge is 2.14. The maximum Gasteiger partial charge on any atom is 0.300 e. The Kier molecular flexibility index (Phi) is 5.18. The summed E-state index contributed by atoms with van der Waals surface area (Å²) in [5, 5.41) is 0. The summed E-state index contributed by atoms with van der Waals surface area (Å²) in [6.07, 6.45) is 2.35. The van der Waals surface area contributed by atoms with Gasteiger partial charge >= 0.3 is 5.91 Å². The molecule has 0 aliphatic carbocycles. The first-order chi connectivity index (χ1) is 8.08. The number of hydrazine groups is 1. The van der Waals surface area contributed by atoms with E-state index in [1.807, 2.05) is 6.92 Å². The summed E-state index contributed by atoms with van der Waals surface area (Å²) in [5.41, 5.74) is 3.09. The molecule has 0 aliphatic heterocycles. The van der Waals surface area contributed by atoms with Crippen LogP contribution in [0.1, 0.15) is 41.6 Å². The van der Waals surface area contributed by atoms with Crippen LogP contribution in [0.2, 0.25) is 0 Å². The van der Waals surface area contributed by atoms with E-state index in [1.54, 1.807) is 6.07 Å². The Hall–Kier alpha value is -1.33. The predicted octanol–water partition coefficient (Wildman–Crippen LogP) is 1.42. The fourth-order valence-corrected chi connectivity index (χ4v) is 1.66. The second kappa shape index (κ2) is 6.42. The van der Waals surface area contributed by atoms with Crippen molar-refractivity contribution in [3.05, 3.63) is 23.2 Å². The Labute approximate surface area is 102 Å². The molecule has 0 aromatic carbocycles. The van der Waals surface area contributed by atoms with E-state index in [4.69, 9.17) is 10.3 Å². The first-order valence-electron chi connectivity index (χ1n) is 5.87. The molecular formula is C12H21N3O2. The number of rotatable bonds is 6. The third-order valence-corrected chi connectivity index (χ3v) is 2.71. The van der Waals surface area contributed by atoms with Crippen molar-refractivity contribution in [2.45, 2.75) is 33.2 Å². The number of nitrogens with one attached hydrogen (secondary N) is 1. The molecule has 5 nitrogen and oxygen atoms in total. The Morgan fingerprint density at radius 3 is 2.88 bits per heavy atom. The standard InChI is InChI=1S/C12H21N3O2/c1-4-5-6-15(3)8-10-7-11(12(16)14-13)17-9(10)2/h7H,4-6,8,13H2,1-3H3,(H,14,16). The van der Waals surface area contributed by atoms with E-state index in [0.717, 1.165) is 24.4 Å². The van der Waals surface area contributed by atoms with Crippen molar-refractivity contribution < 1.29 is 9.21 Å². The number of hydrogen-bond donors (Lipinski definition) is 2. The van der Waals surface area contributed by atoms with Gasteiger partial charge in [0.1, 0.15) is 5.76 Å². The number of unbranched alkanes of at least 4 members (excludes halogenated alkanes) is 1. The largest absolute Gasteiger partial charge is 0.456 e. The number of aryl methyl sites for hydroxylation is 1.